The van der Waals surface area contributed by atoms with E-state index in [9.17, 15) is 13.2 Å². The van der Waals surface area contributed by atoms with Gasteiger partial charge >= 0.3 is 6.18 Å². The van der Waals surface area contributed by atoms with Gasteiger partial charge in [0.05, 0.1) is 44.1 Å². The van der Waals surface area contributed by atoms with Gasteiger partial charge in [-0.15, -0.1) is 0 Å². The molecule has 2 atom stereocenters. The lowest BCUT2D eigenvalue weighted by Crippen LogP contribution is -2.44. The zero-order chi connectivity index (χ0) is 23.7. The molecule has 1 unspecified atom stereocenters. The van der Waals surface area contributed by atoms with Crippen molar-refractivity contribution in [1.29, 1.82) is 0 Å². The van der Waals surface area contributed by atoms with Gasteiger partial charge in [-0.25, -0.2) is 0 Å². The minimum Gasteiger partial charge on any atom is -0.375 e. The van der Waals surface area contributed by atoms with Crippen LogP contribution in [0, 0.1) is 12.3 Å². The zero-order valence-electron chi connectivity index (χ0n) is 20.0. The Morgan fingerprint density at radius 2 is 1.84 bits per heavy atom. The molecule has 178 valence electrons. The second-order valence-corrected chi connectivity index (χ2v) is 8.37. The number of pyridine rings is 1. The van der Waals surface area contributed by atoms with Gasteiger partial charge in [-0.1, -0.05) is 20.8 Å². The number of piperidine rings is 1. The Bertz CT molecular complexity index is 824. The molecular weight excluding hydrogens is 415 g/mol. The van der Waals surface area contributed by atoms with Crippen molar-refractivity contribution in [2.24, 2.45) is 5.92 Å². The van der Waals surface area contributed by atoms with Gasteiger partial charge in [0.2, 0.25) is 0 Å². The largest absolute Gasteiger partial charge is 0.418 e. The van der Waals surface area contributed by atoms with Crippen molar-refractivity contribution in [1.82, 2.24) is 9.88 Å². The van der Waals surface area contributed by atoms with E-state index in [1.165, 1.54) is 6.20 Å². The molecule has 7 heteroatoms. The van der Waals surface area contributed by atoms with Crippen molar-refractivity contribution in [3.8, 4) is 0 Å². The van der Waals surface area contributed by atoms with E-state index in [1.54, 1.807) is 18.2 Å². The van der Waals surface area contributed by atoms with E-state index in [0.717, 1.165) is 44.4 Å². The summed E-state index contributed by atoms with van der Waals surface area (Å²) in [6, 6.07) is 6.15. The molecule has 0 amide bonds. The third-order valence-corrected chi connectivity index (χ3v) is 5.67. The van der Waals surface area contributed by atoms with Crippen molar-refractivity contribution in [2.75, 3.05) is 44.2 Å². The smallest absolute Gasteiger partial charge is 0.375 e. The fraction of sp³-hybridized carbons (Fsp3) is 0.600. The van der Waals surface area contributed by atoms with E-state index in [1.807, 2.05) is 20.3 Å². The van der Waals surface area contributed by atoms with E-state index >= 15 is 0 Å². The van der Waals surface area contributed by atoms with Gasteiger partial charge in [0, 0.05) is 36.9 Å². The number of benzene rings is 1. The molecule has 0 radical (unpaired) electrons. The predicted octanol–water partition coefficient (Wildman–Crippen LogP) is 6.06. The summed E-state index contributed by atoms with van der Waals surface area (Å²) in [5, 5.41) is 0.540. The molecule has 1 aromatic heterocycles. The van der Waals surface area contributed by atoms with Crippen molar-refractivity contribution in [3.05, 3.63) is 42.4 Å². The maximum absolute atomic E-state index is 13.4. The number of alkyl halides is 3. The highest BCUT2D eigenvalue weighted by atomic mass is 19.4. The van der Waals surface area contributed by atoms with Gasteiger partial charge in [0.25, 0.3) is 0 Å². The summed E-state index contributed by atoms with van der Waals surface area (Å²) in [6.45, 7) is 15.5. The maximum Gasteiger partial charge on any atom is 0.418 e. The lowest BCUT2D eigenvalue weighted by molar-refractivity contribution is -0.136. The van der Waals surface area contributed by atoms with Crippen LogP contribution >= 0.6 is 0 Å². The summed E-state index contributed by atoms with van der Waals surface area (Å²) in [5.41, 5.74) is 0.119. The first kappa shape index (κ1) is 26.3. The van der Waals surface area contributed by atoms with Crippen LogP contribution in [0.3, 0.4) is 0 Å². The number of hydrogen-bond donors (Lipinski definition) is 0. The van der Waals surface area contributed by atoms with Crippen LogP contribution in [0.1, 0.15) is 46.6 Å². The van der Waals surface area contributed by atoms with Crippen LogP contribution in [0.15, 0.2) is 30.5 Å². The van der Waals surface area contributed by atoms with E-state index in [-0.39, 0.29) is 11.6 Å². The van der Waals surface area contributed by atoms with Gasteiger partial charge in [-0.2, -0.15) is 13.2 Å². The normalized spacial score (nSPS) is 19.1. The van der Waals surface area contributed by atoms with E-state index < -0.39 is 11.7 Å². The molecule has 32 heavy (non-hydrogen) atoms. The van der Waals surface area contributed by atoms with Gasteiger partial charge in [-0.05, 0) is 49.7 Å². The lowest BCUT2D eigenvalue weighted by Gasteiger charge is -2.38. The molecule has 4 nitrogen and oxygen atoms in total. The number of fused-ring (bicyclic) bond motifs is 1. The molecule has 1 aliphatic heterocycles. The van der Waals surface area contributed by atoms with E-state index in [4.69, 9.17) is 4.74 Å². The molecule has 0 saturated carbocycles. The maximum atomic E-state index is 13.4. The van der Waals surface area contributed by atoms with Crippen LogP contribution in [0.25, 0.3) is 10.9 Å². The second-order valence-electron chi connectivity index (χ2n) is 8.37. The molecule has 2 aromatic rings. The third-order valence-electron chi connectivity index (χ3n) is 5.67. The monoisotopic (exact) mass is 452 g/mol. The molecule has 3 rings (SSSR count). The van der Waals surface area contributed by atoms with Crippen LogP contribution in [0.5, 0.6) is 0 Å². The molecule has 1 aromatic carbocycles. The number of hydrogen-bond acceptors (Lipinski definition) is 4. The number of anilines is 1. The first-order valence-electron chi connectivity index (χ1n) is 11.5. The summed E-state index contributed by atoms with van der Waals surface area (Å²) in [4.78, 5) is 8.52. The SMILES string of the molecule is CCN(CC)CCOC1C[C@H](C)CN(c2ccc(C(F)(F)F)c3ncccc23)C1.C[CH+]C. The van der Waals surface area contributed by atoms with Crippen LogP contribution in [-0.4, -0.2) is 55.3 Å². The molecule has 2 heterocycles. The highest BCUT2D eigenvalue weighted by Gasteiger charge is 2.34. The lowest BCUT2D eigenvalue weighted by atomic mass is 9.96. The quantitative estimate of drug-likeness (QED) is 0.478. The van der Waals surface area contributed by atoms with Gasteiger partial charge in [0.15, 0.2) is 0 Å². The van der Waals surface area contributed by atoms with E-state index in [2.05, 4.69) is 35.6 Å². The van der Waals surface area contributed by atoms with Crippen LogP contribution in [0.4, 0.5) is 18.9 Å². The number of rotatable bonds is 7. The molecule has 1 aliphatic rings. The number of halogens is 3. The second kappa shape index (κ2) is 12.3. The molecule has 0 bridgehead atoms. The topological polar surface area (TPSA) is 28.6 Å². The fourth-order valence-electron chi connectivity index (χ4n) is 4.16. The number of nitrogens with zero attached hydrogens (tertiary/aromatic N) is 3. The number of ether oxygens (including phenoxy) is 1. The Morgan fingerprint density at radius 1 is 1.16 bits per heavy atom. The standard InChI is InChI=1S/C22H30F3N3O.C3H7/c1-4-27(5-2)11-12-29-17-13-16(3)14-28(15-17)20-9-8-19(22(23,24)25)21-18(20)7-6-10-26-21;1-3-2/h6-10,16-17H,4-5,11-15H2,1-3H3;3H,1-2H3/q;+1/t16-,17?;/m0./s1. The van der Waals surface area contributed by atoms with Gasteiger partial charge in [0.1, 0.15) is 0 Å². The highest BCUT2D eigenvalue weighted by molar-refractivity contribution is 5.94. The molecule has 0 spiro atoms. The first-order chi connectivity index (χ1) is 15.2. The molecule has 0 N–H and O–H groups in total. The van der Waals surface area contributed by atoms with Crippen LogP contribution < -0.4 is 4.90 Å². The summed E-state index contributed by atoms with van der Waals surface area (Å²) in [6.07, 6.45) is 0.0321. The summed E-state index contributed by atoms with van der Waals surface area (Å²) >= 11 is 0. The van der Waals surface area contributed by atoms with E-state index in [0.29, 0.717) is 24.5 Å². The Kier molecular flexibility index (Phi) is 10.1. The summed E-state index contributed by atoms with van der Waals surface area (Å²) in [5.74, 6) is 0.399. The average molecular weight is 453 g/mol. The summed E-state index contributed by atoms with van der Waals surface area (Å²) < 4.78 is 46.4. The zero-order valence-corrected chi connectivity index (χ0v) is 20.0. The van der Waals surface area contributed by atoms with Gasteiger partial charge < -0.3 is 14.5 Å². The predicted molar refractivity (Wildman–Crippen MR) is 126 cm³/mol. The van der Waals surface area contributed by atoms with Crippen molar-refractivity contribution in [2.45, 2.75) is 53.3 Å². The van der Waals surface area contributed by atoms with Crippen molar-refractivity contribution >= 4 is 16.6 Å². The van der Waals surface area contributed by atoms with Gasteiger partial charge in [-0.3, -0.25) is 4.98 Å². The highest BCUT2D eigenvalue weighted by Crippen LogP contribution is 2.38. The fourth-order valence-corrected chi connectivity index (χ4v) is 4.16. The third kappa shape index (κ3) is 7.01. The molecule has 1 fully saturated rings. The minimum atomic E-state index is -4.42. The number of aromatic nitrogens is 1. The van der Waals surface area contributed by atoms with Crippen molar-refractivity contribution < 1.29 is 17.9 Å². The Balaban J connectivity index is 0.00000114. The number of likely N-dealkylation sites (N-methyl/N-ethyl adjacent to an activating group) is 1. The Labute approximate surface area is 190 Å². The summed E-state index contributed by atoms with van der Waals surface area (Å²) in [7, 11) is 0. The van der Waals surface area contributed by atoms with Crippen LogP contribution in [-0.2, 0) is 10.9 Å². The molecule has 0 aliphatic carbocycles. The minimum absolute atomic E-state index is 0.00901. The molecular formula is C25H37F3N3O+. The van der Waals surface area contributed by atoms with Crippen LogP contribution in [0.2, 0.25) is 0 Å². The Morgan fingerprint density at radius 3 is 2.47 bits per heavy atom. The Hall–Kier alpha value is -1.99. The van der Waals surface area contributed by atoms with Crippen molar-refractivity contribution in [3.63, 3.8) is 0 Å². The first-order valence-corrected chi connectivity index (χ1v) is 11.5. The molecule has 1 saturated heterocycles. The average Bonchev–Trinajstić information content (AvgIpc) is 2.75.